The van der Waals surface area contributed by atoms with E-state index in [0.29, 0.717) is 18.5 Å². The summed E-state index contributed by atoms with van der Waals surface area (Å²) >= 11 is 0. The van der Waals surface area contributed by atoms with Crippen molar-refractivity contribution in [3.05, 3.63) is 36.3 Å². The third-order valence-electron chi connectivity index (χ3n) is 3.92. The molecular formula is C16H22N6. The normalized spacial score (nSPS) is 16.0. The number of aromatic nitrogens is 4. The first kappa shape index (κ1) is 14.7. The third-order valence-corrected chi connectivity index (χ3v) is 3.92. The average Bonchev–Trinajstić information content (AvgIpc) is 2.83. The Kier molecular flexibility index (Phi) is 5.13. The van der Waals surface area contributed by atoms with Crippen molar-refractivity contribution in [1.29, 1.82) is 0 Å². The maximum Gasteiger partial charge on any atom is 0.245 e. The van der Waals surface area contributed by atoms with Crippen LogP contribution in [0.1, 0.15) is 44.2 Å². The van der Waals surface area contributed by atoms with E-state index in [4.69, 9.17) is 0 Å². The minimum absolute atomic E-state index is 0.503. The molecule has 1 fully saturated rings. The maximum atomic E-state index is 4.49. The highest BCUT2D eigenvalue weighted by molar-refractivity contribution is 5.38. The quantitative estimate of drug-likeness (QED) is 0.826. The van der Waals surface area contributed by atoms with Crippen LogP contribution in [0.4, 0.5) is 11.8 Å². The van der Waals surface area contributed by atoms with E-state index in [-0.39, 0.29) is 0 Å². The lowest BCUT2D eigenvalue weighted by Gasteiger charge is -2.16. The molecule has 1 saturated carbocycles. The summed E-state index contributed by atoms with van der Waals surface area (Å²) < 4.78 is 0. The molecule has 116 valence electrons. The van der Waals surface area contributed by atoms with Gasteiger partial charge in [-0.1, -0.05) is 31.7 Å². The zero-order valence-electron chi connectivity index (χ0n) is 12.7. The van der Waals surface area contributed by atoms with E-state index in [0.717, 1.165) is 11.5 Å². The molecule has 2 N–H and O–H groups in total. The van der Waals surface area contributed by atoms with E-state index < -0.39 is 0 Å². The Labute approximate surface area is 130 Å². The summed E-state index contributed by atoms with van der Waals surface area (Å²) in [6, 6.07) is 6.34. The van der Waals surface area contributed by atoms with Crippen LogP contribution in [0.15, 0.2) is 30.6 Å². The molecule has 0 radical (unpaired) electrons. The molecule has 0 unspecified atom stereocenters. The Morgan fingerprint density at radius 2 is 1.95 bits per heavy atom. The molecule has 0 aromatic carbocycles. The van der Waals surface area contributed by atoms with Crippen molar-refractivity contribution in [1.82, 2.24) is 20.2 Å². The summed E-state index contributed by atoms with van der Waals surface area (Å²) in [4.78, 5) is 8.76. The predicted octanol–water partition coefficient (Wildman–Crippen LogP) is 3.01. The molecule has 2 aromatic heterocycles. The van der Waals surface area contributed by atoms with E-state index in [1.54, 1.807) is 12.4 Å². The van der Waals surface area contributed by atoms with Crippen LogP contribution < -0.4 is 10.6 Å². The molecule has 0 saturated heterocycles. The van der Waals surface area contributed by atoms with Crippen LogP contribution in [0.2, 0.25) is 0 Å². The molecule has 6 nitrogen and oxygen atoms in total. The standard InChI is InChI=1S/C16H22N6/c1-2-4-8-13(7-3-1)20-15-12-19-22-16(21-15)18-11-14-9-5-6-10-17-14/h5-6,9-10,12-13H,1-4,7-8,11H2,(H2,18,20,21,22). The zero-order valence-corrected chi connectivity index (χ0v) is 12.7. The molecule has 1 aliphatic carbocycles. The van der Waals surface area contributed by atoms with Crippen molar-refractivity contribution >= 4 is 11.8 Å². The van der Waals surface area contributed by atoms with Gasteiger partial charge >= 0.3 is 0 Å². The van der Waals surface area contributed by atoms with Crippen molar-refractivity contribution in [2.75, 3.05) is 10.6 Å². The lowest BCUT2D eigenvalue weighted by Crippen LogP contribution is -2.19. The molecule has 0 aliphatic heterocycles. The van der Waals surface area contributed by atoms with Crippen molar-refractivity contribution in [2.24, 2.45) is 0 Å². The zero-order chi connectivity index (χ0) is 15.0. The van der Waals surface area contributed by atoms with Gasteiger partial charge in [-0.2, -0.15) is 10.1 Å². The number of nitrogens with one attached hydrogen (secondary N) is 2. The molecule has 0 spiro atoms. The summed E-state index contributed by atoms with van der Waals surface area (Å²) in [6.45, 7) is 0.593. The molecule has 22 heavy (non-hydrogen) atoms. The fraction of sp³-hybridized carbons (Fsp3) is 0.500. The minimum Gasteiger partial charge on any atom is -0.366 e. The van der Waals surface area contributed by atoms with E-state index in [2.05, 4.69) is 30.8 Å². The molecule has 0 atom stereocenters. The Hall–Kier alpha value is -2.24. The average molecular weight is 298 g/mol. The van der Waals surface area contributed by atoms with Gasteiger partial charge in [-0.05, 0) is 25.0 Å². The van der Waals surface area contributed by atoms with Gasteiger partial charge in [-0.15, -0.1) is 5.10 Å². The Morgan fingerprint density at radius 3 is 2.73 bits per heavy atom. The largest absolute Gasteiger partial charge is 0.366 e. The van der Waals surface area contributed by atoms with Crippen molar-refractivity contribution in [3.8, 4) is 0 Å². The van der Waals surface area contributed by atoms with Crippen molar-refractivity contribution in [3.63, 3.8) is 0 Å². The summed E-state index contributed by atoms with van der Waals surface area (Å²) in [5.74, 6) is 1.33. The predicted molar refractivity (Wildman–Crippen MR) is 86.5 cm³/mol. The lowest BCUT2D eigenvalue weighted by atomic mass is 10.1. The van der Waals surface area contributed by atoms with Crippen LogP contribution in [-0.4, -0.2) is 26.2 Å². The lowest BCUT2D eigenvalue weighted by molar-refractivity contribution is 0.616. The summed E-state index contributed by atoms with van der Waals surface area (Å²) in [7, 11) is 0. The molecule has 0 amide bonds. The second kappa shape index (κ2) is 7.68. The van der Waals surface area contributed by atoms with Crippen molar-refractivity contribution < 1.29 is 0 Å². The number of hydrogen-bond donors (Lipinski definition) is 2. The smallest absolute Gasteiger partial charge is 0.245 e. The van der Waals surface area contributed by atoms with Crippen LogP contribution >= 0.6 is 0 Å². The van der Waals surface area contributed by atoms with E-state index in [1.165, 1.54) is 38.5 Å². The molecule has 2 heterocycles. The number of hydrogen-bond acceptors (Lipinski definition) is 6. The van der Waals surface area contributed by atoms with Crippen LogP contribution in [-0.2, 0) is 6.54 Å². The van der Waals surface area contributed by atoms with Crippen LogP contribution in [0.3, 0.4) is 0 Å². The van der Waals surface area contributed by atoms with Gasteiger partial charge in [-0.3, -0.25) is 4.98 Å². The Bertz CT molecular complexity index is 566. The Balaban J connectivity index is 1.57. The maximum absolute atomic E-state index is 4.49. The molecular weight excluding hydrogens is 276 g/mol. The second-order valence-electron chi connectivity index (χ2n) is 5.67. The highest BCUT2D eigenvalue weighted by Crippen LogP contribution is 2.20. The van der Waals surface area contributed by atoms with Crippen LogP contribution in [0.5, 0.6) is 0 Å². The Morgan fingerprint density at radius 1 is 1.09 bits per heavy atom. The molecule has 6 heteroatoms. The molecule has 2 aromatic rings. The highest BCUT2D eigenvalue weighted by atomic mass is 15.3. The first-order valence-electron chi connectivity index (χ1n) is 8.00. The number of rotatable bonds is 5. The number of anilines is 2. The topological polar surface area (TPSA) is 75.6 Å². The second-order valence-corrected chi connectivity index (χ2v) is 5.67. The van der Waals surface area contributed by atoms with Crippen LogP contribution in [0, 0.1) is 0 Å². The van der Waals surface area contributed by atoms with Gasteiger partial charge in [-0.25, -0.2) is 0 Å². The van der Waals surface area contributed by atoms with Crippen LogP contribution in [0.25, 0.3) is 0 Å². The SMILES string of the molecule is c1ccc(CNc2nncc(NC3CCCCCC3)n2)nc1. The fourth-order valence-corrected chi connectivity index (χ4v) is 2.75. The van der Waals surface area contributed by atoms with E-state index >= 15 is 0 Å². The van der Waals surface area contributed by atoms with Gasteiger partial charge in [0, 0.05) is 12.2 Å². The first-order valence-corrected chi connectivity index (χ1v) is 8.00. The molecule has 3 rings (SSSR count). The van der Waals surface area contributed by atoms with Crippen molar-refractivity contribution in [2.45, 2.75) is 51.1 Å². The van der Waals surface area contributed by atoms with E-state index in [9.17, 15) is 0 Å². The fourth-order valence-electron chi connectivity index (χ4n) is 2.75. The summed E-state index contributed by atoms with van der Waals surface area (Å²) in [5.41, 5.74) is 0.952. The number of nitrogens with zero attached hydrogens (tertiary/aromatic N) is 4. The van der Waals surface area contributed by atoms with Gasteiger partial charge in [0.1, 0.15) is 0 Å². The first-order chi connectivity index (χ1) is 10.9. The monoisotopic (exact) mass is 298 g/mol. The highest BCUT2D eigenvalue weighted by Gasteiger charge is 2.13. The van der Waals surface area contributed by atoms with Gasteiger partial charge in [0.2, 0.25) is 5.95 Å². The minimum atomic E-state index is 0.503. The van der Waals surface area contributed by atoms with E-state index in [1.807, 2.05) is 18.2 Å². The summed E-state index contributed by atoms with van der Waals surface area (Å²) in [5, 5.41) is 14.7. The third kappa shape index (κ3) is 4.38. The number of pyridine rings is 1. The van der Waals surface area contributed by atoms with Gasteiger partial charge in [0.15, 0.2) is 5.82 Å². The van der Waals surface area contributed by atoms with Gasteiger partial charge in [0.25, 0.3) is 0 Å². The summed E-state index contributed by atoms with van der Waals surface area (Å²) in [6.07, 6.45) is 11.2. The molecule has 1 aliphatic rings. The molecule has 0 bridgehead atoms. The van der Waals surface area contributed by atoms with Gasteiger partial charge in [0.05, 0.1) is 18.4 Å². The van der Waals surface area contributed by atoms with Gasteiger partial charge < -0.3 is 10.6 Å².